The van der Waals surface area contributed by atoms with E-state index in [1.807, 2.05) is 24.4 Å². The van der Waals surface area contributed by atoms with E-state index in [-0.39, 0.29) is 6.10 Å². The summed E-state index contributed by atoms with van der Waals surface area (Å²) < 4.78 is 4.18. The molecule has 0 spiro atoms. The molecule has 3 nitrogen and oxygen atoms in total. The standard InChI is InChI=1S/C6H6N2S.C3H8O/c1-2-4-8-5-9-7-6(8)3-1;1-3(2)4/h1-4H,5H2;3-4H,1-2H3. The lowest BCUT2D eigenvalue weighted by Crippen LogP contribution is -2.19. The fourth-order valence-electron chi connectivity index (χ4n) is 0.817. The highest BCUT2D eigenvalue weighted by atomic mass is 32.2. The summed E-state index contributed by atoms with van der Waals surface area (Å²) in [5.41, 5.74) is 0. The zero-order chi connectivity index (χ0) is 9.68. The Bertz CT molecular complexity index is 240. The van der Waals surface area contributed by atoms with Crippen LogP contribution in [0.4, 0.5) is 0 Å². The van der Waals surface area contributed by atoms with Gasteiger partial charge < -0.3 is 10.0 Å². The van der Waals surface area contributed by atoms with Gasteiger partial charge in [-0.25, -0.2) is 0 Å². The smallest absolute Gasteiger partial charge is 0.141 e. The van der Waals surface area contributed by atoms with E-state index in [1.54, 1.807) is 25.8 Å². The second kappa shape index (κ2) is 5.09. The van der Waals surface area contributed by atoms with Crippen molar-refractivity contribution in [3.05, 3.63) is 24.4 Å². The highest BCUT2D eigenvalue weighted by Crippen LogP contribution is 2.19. The molecule has 0 fully saturated rings. The molecule has 0 saturated heterocycles. The largest absolute Gasteiger partial charge is 0.394 e. The van der Waals surface area contributed by atoms with Crippen molar-refractivity contribution in [3.63, 3.8) is 0 Å². The quantitative estimate of drug-likeness (QED) is 0.603. The van der Waals surface area contributed by atoms with Gasteiger partial charge in [0.1, 0.15) is 5.84 Å². The second-order valence-electron chi connectivity index (χ2n) is 2.97. The lowest BCUT2D eigenvalue weighted by molar-refractivity contribution is 0.216. The molecule has 0 bridgehead atoms. The van der Waals surface area contributed by atoms with E-state index in [0.717, 1.165) is 11.7 Å². The Labute approximate surface area is 83.0 Å². The first-order chi connectivity index (χ1) is 6.20. The molecule has 13 heavy (non-hydrogen) atoms. The van der Waals surface area contributed by atoms with Gasteiger partial charge in [0, 0.05) is 12.3 Å². The van der Waals surface area contributed by atoms with Crippen LogP contribution in [0.3, 0.4) is 0 Å². The second-order valence-corrected chi connectivity index (χ2v) is 3.67. The van der Waals surface area contributed by atoms with Gasteiger partial charge in [-0.2, -0.15) is 4.40 Å². The topological polar surface area (TPSA) is 35.8 Å². The van der Waals surface area contributed by atoms with Gasteiger partial charge in [0.25, 0.3) is 0 Å². The third-order valence-corrected chi connectivity index (χ3v) is 1.98. The van der Waals surface area contributed by atoms with E-state index in [1.165, 1.54) is 0 Å². The molecule has 0 aromatic carbocycles. The number of hydrogen-bond donors (Lipinski definition) is 1. The van der Waals surface area contributed by atoms with E-state index < -0.39 is 0 Å². The average Bonchev–Trinajstić information content (AvgIpc) is 2.49. The van der Waals surface area contributed by atoms with E-state index in [9.17, 15) is 0 Å². The van der Waals surface area contributed by atoms with Gasteiger partial charge in [-0.1, -0.05) is 6.08 Å². The first kappa shape index (κ1) is 10.3. The molecule has 0 aromatic heterocycles. The van der Waals surface area contributed by atoms with Gasteiger partial charge in [0.2, 0.25) is 0 Å². The van der Waals surface area contributed by atoms with E-state index in [0.29, 0.717) is 0 Å². The minimum Gasteiger partial charge on any atom is -0.394 e. The van der Waals surface area contributed by atoms with Crippen LogP contribution in [0.15, 0.2) is 28.8 Å². The van der Waals surface area contributed by atoms with Crippen molar-refractivity contribution in [2.45, 2.75) is 20.0 Å². The molecule has 0 aliphatic carbocycles. The van der Waals surface area contributed by atoms with Gasteiger partial charge in [-0.05, 0) is 37.9 Å². The maximum Gasteiger partial charge on any atom is 0.141 e. The number of rotatable bonds is 0. The highest BCUT2D eigenvalue weighted by Gasteiger charge is 2.12. The van der Waals surface area contributed by atoms with Crippen molar-refractivity contribution < 1.29 is 5.11 Å². The Morgan fingerprint density at radius 2 is 2.23 bits per heavy atom. The van der Waals surface area contributed by atoms with Gasteiger partial charge in [-0.15, -0.1) is 0 Å². The summed E-state index contributed by atoms with van der Waals surface area (Å²) in [6.45, 7) is 3.44. The fourth-order valence-corrected chi connectivity index (χ4v) is 1.52. The Hall–Kier alpha value is -0.740. The number of hydrogen-bond acceptors (Lipinski definition) is 4. The molecule has 4 heteroatoms. The van der Waals surface area contributed by atoms with Gasteiger partial charge >= 0.3 is 0 Å². The lowest BCUT2D eigenvalue weighted by Gasteiger charge is -2.12. The number of aliphatic hydroxyl groups is 1. The van der Waals surface area contributed by atoms with Crippen LogP contribution in [0.25, 0.3) is 0 Å². The molecule has 1 N–H and O–H groups in total. The molecule has 72 valence electrons. The molecule has 2 rings (SSSR count). The molecule has 0 aromatic rings. The maximum atomic E-state index is 8.06. The van der Waals surface area contributed by atoms with Gasteiger partial charge in [0.05, 0.1) is 5.88 Å². The fraction of sp³-hybridized carbons (Fsp3) is 0.444. The molecule has 2 aliphatic heterocycles. The first-order valence-corrected chi connectivity index (χ1v) is 5.14. The third kappa shape index (κ3) is 3.65. The van der Waals surface area contributed by atoms with Crippen LogP contribution >= 0.6 is 11.9 Å². The highest BCUT2D eigenvalue weighted by molar-refractivity contribution is 7.98. The molecule has 0 atom stereocenters. The molecular weight excluding hydrogens is 184 g/mol. The Morgan fingerprint density at radius 3 is 2.85 bits per heavy atom. The van der Waals surface area contributed by atoms with Crippen molar-refractivity contribution >= 4 is 17.8 Å². The first-order valence-electron chi connectivity index (χ1n) is 4.19. The maximum absolute atomic E-state index is 8.06. The predicted molar refractivity (Wildman–Crippen MR) is 57.4 cm³/mol. The molecular formula is C9H14N2OS. The van der Waals surface area contributed by atoms with Crippen molar-refractivity contribution in [1.29, 1.82) is 0 Å². The summed E-state index contributed by atoms with van der Waals surface area (Å²) in [4.78, 5) is 2.12. The third-order valence-electron chi connectivity index (χ3n) is 1.27. The van der Waals surface area contributed by atoms with Gasteiger partial charge in [0.15, 0.2) is 0 Å². The van der Waals surface area contributed by atoms with Crippen LogP contribution in [-0.2, 0) is 0 Å². The molecule has 2 aliphatic rings. The average molecular weight is 198 g/mol. The number of allylic oxidation sites excluding steroid dienone is 2. The van der Waals surface area contributed by atoms with Crippen LogP contribution < -0.4 is 0 Å². The monoisotopic (exact) mass is 198 g/mol. The Balaban J connectivity index is 0.000000184. The summed E-state index contributed by atoms with van der Waals surface area (Å²) >= 11 is 1.59. The number of aliphatic hydroxyl groups excluding tert-OH is 1. The molecule has 0 amide bonds. The summed E-state index contributed by atoms with van der Waals surface area (Å²) in [6, 6.07) is 0. The molecule has 2 heterocycles. The van der Waals surface area contributed by atoms with Crippen LogP contribution in [-0.4, -0.2) is 27.8 Å². The Kier molecular flexibility index (Phi) is 4.05. The van der Waals surface area contributed by atoms with Gasteiger partial charge in [-0.3, -0.25) is 0 Å². The molecule has 0 saturated carbocycles. The van der Waals surface area contributed by atoms with Crippen molar-refractivity contribution in [1.82, 2.24) is 4.90 Å². The van der Waals surface area contributed by atoms with Crippen molar-refractivity contribution in [2.75, 3.05) is 5.88 Å². The minimum atomic E-state index is -0.167. The van der Waals surface area contributed by atoms with Crippen LogP contribution in [0.5, 0.6) is 0 Å². The van der Waals surface area contributed by atoms with E-state index in [4.69, 9.17) is 5.11 Å². The lowest BCUT2D eigenvalue weighted by atomic mass is 10.3. The van der Waals surface area contributed by atoms with Crippen molar-refractivity contribution in [2.24, 2.45) is 4.40 Å². The Morgan fingerprint density at radius 1 is 1.54 bits per heavy atom. The molecule has 0 radical (unpaired) electrons. The van der Waals surface area contributed by atoms with Crippen molar-refractivity contribution in [3.8, 4) is 0 Å². The van der Waals surface area contributed by atoms with Crippen LogP contribution in [0.1, 0.15) is 13.8 Å². The SMILES string of the molecule is C1=CC2=NSCN2C=C1.CC(C)O. The predicted octanol–water partition coefficient (Wildman–Crippen LogP) is 1.78. The summed E-state index contributed by atoms with van der Waals surface area (Å²) in [5.74, 6) is 2.04. The number of fused-ring (bicyclic) bond motifs is 1. The summed E-state index contributed by atoms with van der Waals surface area (Å²) in [6.07, 6.45) is 7.91. The number of nitrogens with zero attached hydrogens (tertiary/aromatic N) is 2. The zero-order valence-corrected chi connectivity index (χ0v) is 8.66. The zero-order valence-electron chi connectivity index (χ0n) is 7.84. The minimum absolute atomic E-state index is 0.167. The molecule has 0 unspecified atom stereocenters. The van der Waals surface area contributed by atoms with E-state index >= 15 is 0 Å². The summed E-state index contributed by atoms with van der Waals surface area (Å²) in [5, 5.41) is 8.06. The normalized spacial score (nSPS) is 18.2. The summed E-state index contributed by atoms with van der Waals surface area (Å²) in [7, 11) is 0. The van der Waals surface area contributed by atoms with Crippen LogP contribution in [0.2, 0.25) is 0 Å². The van der Waals surface area contributed by atoms with E-state index in [2.05, 4.69) is 9.30 Å². The number of amidine groups is 1. The van der Waals surface area contributed by atoms with Crippen LogP contribution in [0, 0.1) is 0 Å².